The maximum absolute atomic E-state index is 11.7. The van der Waals surface area contributed by atoms with Gasteiger partial charge in [0.15, 0.2) is 6.61 Å². The van der Waals surface area contributed by atoms with Crippen LogP contribution < -0.4 is 5.32 Å². The number of thioether (sulfide) groups is 1. The second-order valence-corrected chi connectivity index (χ2v) is 5.82. The zero-order valence-corrected chi connectivity index (χ0v) is 12.2. The van der Waals surface area contributed by atoms with E-state index in [1.807, 2.05) is 44.2 Å². The molecule has 0 unspecified atom stereocenters. The largest absolute Gasteiger partial charge is 0.455 e. The van der Waals surface area contributed by atoms with Crippen LogP contribution in [-0.2, 0) is 14.3 Å². The molecule has 0 aliphatic heterocycles. The molecule has 1 N–H and O–H groups in total. The number of amides is 1. The summed E-state index contributed by atoms with van der Waals surface area (Å²) in [7, 11) is 0. The maximum Gasteiger partial charge on any atom is 0.319 e. The lowest BCUT2D eigenvalue weighted by molar-refractivity contribution is -0.147. The van der Waals surface area contributed by atoms with Gasteiger partial charge >= 0.3 is 5.97 Å². The van der Waals surface area contributed by atoms with E-state index in [9.17, 15) is 9.59 Å². The first kappa shape index (κ1) is 15.6. The highest BCUT2D eigenvalue weighted by molar-refractivity contribution is 8.00. The number of hydrogen-bond donors (Lipinski definition) is 1. The van der Waals surface area contributed by atoms with E-state index in [4.69, 9.17) is 4.74 Å². The molecule has 0 radical (unpaired) electrons. The summed E-state index contributed by atoms with van der Waals surface area (Å²) in [5, 5.41) is 2.33. The van der Waals surface area contributed by atoms with Crippen molar-refractivity contribution in [1.82, 2.24) is 5.32 Å². The fourth-order valence-corrected chi connectivity index (χ4v) is 2.26. The van der Waals surface area contributed by atoms with Crippen molar-refractivity contribution in [1.29, 1.82) is 0 Å². The van der Waals surface area contributed by atoms with Crippen LogP contribution in [0, 0.1) is 0 Å². The van der Waals surface area contributed by atoms with Crippen molar-refractivity contribution in [3.63, 3.8) is 0 Å². The van der Waals surface area contributed by atoms with Gasteiger partial charge in [0.25, 0.3) is 5.91 Å². The topological polar surface area (TPSA) is 55.4 Å². The van der Waals surface area contributed by atoms with Crippen LogP contribution in [-0.4, -0.2) is 29.8 Å². The molecule has 0 aliphatic carbocycles. The van der Waals surface area contributed by atoms with E-state index >= 15 is 0 Å². The Morgan fingerprint density at radius 2 is 1.84 bits per heavy atom. The molecule has 0 aromatic heterocycles. The first-order chi connectivity index (χ1) is 8.99. The number of esters is 1. The van der Waals surface area contributed by atoms with Crippen molar-refractivity contribution in [2.24, 2.45) is 0 Å². The van der Waals surface area contributed by atoms with Gasteiger partial charge in [-0.1, -0.05) is 18.2 Å². The minimum atomic E-state index is -0.382. The van der Waals surface area contributed by atoms with Gasteiger partial charge < -0.3 is 10.1 Å². The van der Waals surface area contributed by atoms with Gasteiger partial charge in [-0.15, -0.1) is 11.8 Å². The van der Waals surface area contributed by atoms with Crippen LogP contribution >= 0.6 is 11.8 Å². The second kappa shape index (κ2) is 7.84. The number of rotatable bonds is 6. The fourth-order valence-electron chi connectivity index (χ4n) is 1.37. The van der Waals surface area contributed by atoms with E-state index in [0.29, 0.717) is 0 Å². The standard InChI is InChI=1S/C14H19NO3S/c1-10(2)15-13(16)9-18-14(17)11(3)19-12-7-5-4-6-8-12/h4-8,10-11H,9H2,1-3H3,(H,15,16)/t11-/m0/s1. The Hall–Kier alpha value is -1.49. The molecule has 1 aromatic rings. The Morgan fingerprint density at radius 1 is 1.21 bits per heavy atom. The van der Waals surface area contributed by atoms with Crippen LogP contribution in [0.25, 0.3) is 0 Å². The highest BCUT2D eigenvalue weighted by atomic mass is 32.2. The van der Waals surface area contributed by atoms with Gasteiger partial charge in [-0.05, 0) is 32.9 Å². The lowest BCUT2D eigenvalue weighted by Crippen LogP contribution is -2.34. The van der Waals surface area contributed by atoms with Gasteiger partial charge in [-0.2, -0.15) is 0 Å². The van der Waals surface area contributed by atoms with E-state index in [1.54, 1.807) is 6.92 Å². The SMILES string of the molecule is CC(C)NC(=O)COC(=O)[C@H](C)Sc1ccccc1. The molecule has 0 bridgehead atoms. The fraction of sp³-hybridized carbons (Fsp3) is 0.429. The van der Waals surface area contributed by atoms with Crippen LogP contribution in [0.5, 0.6) is 0 Å². The summed E-state index contributed by atoms with van der Waals surface area (Å²) in [6.07, 6.45) is 0. The first-order valence-electron chi connectivity index (χ1n) is 6.16. The lowest BCUT2D eigenvalue weighted by atomic mass is 10.4. The third-order valence-electron chi connectivity index (χ3n) is 2.18. The predicted molar refractivity (Wildman–Crippen MR) is 76.0 cm³/mol. The molecule has 1 aromatic carbocycles. The Morgan fingerprint density at radius 3 is 2.42 bits per heavy atom. The molecule has 4 nitrogen and oxygen atoms in total. The zero-order valence-electron chi connectivity index (χ0n) is 11.4. The van der Waals surface area contributed by atoms with E-state index < -0.39 is 0 Å². The summed E-state index contributed by atoms with van der Waals surface area (Å²) >= 11 is 1.41. The van der Waals surface area contributed by atoms with Gasteiger partial charge in [-0.3, -0.25) is 9.59 Å². The van der Waals surface area contributed by atoms with Crippen molar-refractivity contribution < 1.29 is 14.3 Å². The Bertz CT molecular complexity index is 420. The minimum absolute atomic E-state index is 0.0438. The Labute approximate surface area is 117 Å². The number of ether oxygens (including phenoxy) is 1. The highest BCUT2D eigenvalue weighted by Crippen LogP contribution is 2.23. The Balaban J connectivity index is 2.35. The first-order valence-corrected chi connectivity index (χ1v) is 7.04. The van der Waals surface area contributed by atoms with Crippen LogP contribution in [0.4, 0.5) is 0 Å². The summed E-state index contributed by atoms with van der Waals surface area (Å²) in [5.74, 6) is -0.659. The zero-order chi connectivity index (χ0) is 14.3. The average molecular weight is 281 g/mol. The van der Waals surface area contributed by atoms with Gasteiger partial charge in [0.2, 0.25) is 0 Å². The van der Waals surface area contributed by atoms with E-state index in [0.717, 1.165) is 4.90 Å². The molecule has 1 atom stereocenters. The van der Waals surface area contributed by atoms with Crippen molar-refractivity contribution in [2.45, 2.75) is 37.0 Å². The molecule has 0 saturated heterocycles. The van der Waals surface area contributed by atoms with Gasteiger partial charge in [0, 0.05) is 10.9 Å². The average Bonchev–Trinajstić information content (AvgIpc) is 2.36. The van der Waals surface area contributed by atoms with Crippen molar-refractivity contribution in [3.05, 3.63) is 30.3 Å². The molecule has 0 aliphatic rings. The van der Waals surface area contributed by atoms with Crippen LogP contribution in [0.3, 0.4) is 0 Å². The van der Waals surface area contributed by atoms with E-state index in [2.05, 4.69) is 5.32 Å². The summed E-state index contributed by atoms with van der Waals surface area (Å²) in [6, 6.07) is 9.65. The molecule has 104 valence electrons. The molecular weight excluding hydrogens is 262 g/mol. The maximum atomic E-state index is 11.7. The van der Waals surface area contributed by atoms with E-state index in [-0.39, 0.29) is 29.8 Å². The molecule has 19 heavy (non-hydrogen) atoms. The predicted octanol–water partition coefficient (Wildman–Crippen LogP) is 2.24. The molecule has 0 fully saturated rings. The van der Waals surface area contributed by atoms with Crippen molar-refractivity contribution in [3.8, 4) is 0 Å². The second-order valence-electron chi connectivity index (χ2n) is 4.40. The summed E-state index contributed by atoms with van der Waals surface area (Å²) in [5.41, 5.74) is 0. The van der Waals surface area contributed by atoms with E-state index in [1.165, 1.54) is 11.8 Å². The number of carbonyl (C=O) groups excluding carboxylic acids is 2. The molecule has 0 saturated carbocycles. The van der Waals surface area contributed by atoms with Crippen LogP contribution in [0.2, 0.25) is 0 Å². The smallest absolute Gasteiger partial charge is 0.319 e. The lowest BCUT2D eigenvalue weighted by Gasteiger charge is -2.12. The highest BCUT2D eigenvalue weighted by Gasteiger charge is 2.17. The van der Waals surface area contributed by atoms with Crippen LogP contribution in [0.15, 0.2) is 35.2 Å². The number of carbonyl (C=O) groups is 2. The van der Waals surface area contributed by atoms with Crippen molar-refractivity contribution in [2.75, 3.05) is 6.61 Å². The molecule has 5 heteroatoms. The third kappa shape index (κ3) is 6.29. The molecule has 1 amide bonds. The van der Waals surface area contributed by atoms with Gasteiger partial charge in [-0.25, -0.2) is 0 Å². The quantitative estimate of drug-likeness (QED) is 0.642. The molecule has 0 spiro atoms. The Kier molecular flexibility index (Phi) is 6.42. The minimum Gasteiger partial charge on any atom is -0.455 e. The summed E-state index contributed by atoms with van der Waals surface area (Å²) < 4.78 is 4.97. The monoisotopic (exact) mass is 281 g/mol. The van der Waals surface area contributed by atoms with Crippen molar-refractivity contribution >= 4 is 23.6 Å². The third-order valence-corrected chi connectivity index (χ3v) is 3.27. The molecule has 1 rings (SSSR count). The summed E-state index contributed by atoms with van der Waals surface area (Å²) in [6.45, 7) is 5.25. The number of nitrogens with one attached hydrogen (secondary N) is 1. The normalized spacial score (nSPS) is 12.0. The molecular formula is C14H19NO3S. The summed E-state index contributed by atoms with van der Waals surface area (Å²) in [4.78, 5) is 24.1. The molecule has 0 heterocycles. The van der Waals surface area contributed by atoms with Gasteiger partial charge in [0.1, 0.15) is 5.25 Å². The number of benzene rings is 1. The van der Waals surface area contributed by atoms with Gasteiger partial charge in [0.05, 0.1) is 0 Å². The van der Waals surface area contributed by atoms with Crippen LogP contribution in [0.1, 0.15) is 20.8 Å². The number of hydrogen-bond acceptors (Lipinski definition) is 4.